The molecule has 0 aliphatic heterocycles. The van der Waals surface area contributed by atoms with Gasteiger partial charge in [-0.3, -0.25) is 0 Å². The van der Waals surface area contributed by atoms with Gasteiger partial charge in [0.1, 0.15) is 0 Å². The molecule has 0 spiro atoms. The fourth-order valence-electron chi connectivity index (χ4n) is 1.02. The highest BCUT2D eigenvalue weighted by Crippen LogP contribution is 2.21. The molecule has 1 aromatic heterocycles. The van der Waals surface area contributed by atoms with E-state index in [4.69, 9.17) is 5.90 Å². The summed E-state index contributed by atoms with van der Waals surface area (Å²) in [6.45, 7) is 2.09. The van der Waals surface area contributed by atoms with Crippen LogP contribution in [0.5, 0.6) is 0 Å². The van der Waals surface area contributed by atoms with Gasteiger partial charge in [-0.15, -0.1) is 0 Å². The smallest absolute Gasteiger partial charge is 0.216 e. The van der Waals surface area contributed by atoms with Crippen molar-refractivity contribution in [3.05, 3.63) is 28.2 Å². The lowest BCUT2D eigenvalue weighted by molar-refractivity contribution is 0.125. The zero-order valence-electron chi connectivity index (χ0n) is 7.13. The van der Waals surface area contributed by atoms with Crippen LogP contribution >= 0.6 is 15.9 Å². The van der Waals surface area contributed by atoms with Gasteiger partial charge in [-0.1, -0.05) is 6.92 Å². The van der Waals surface area contributed by atoms with Gasteiger partial charge in [0, 0.05) is 22.2 Å². The third kappa shape index (κ3) is 2.72. The second kappa shape index (κ2) is 4.64. The Balaban J connectivity index is 2.91. The molecule has 0 radical (unpaired) electrons. The molecule has 2 N–H and O–H groups in total. The minimum absolute atomic E-state index is 0.102. The predicted octanol–water partition coefficient (Wildman–Crippen LogP) is 1.98. The number of hydrogen-bond donors (Lipinski definition) is 1. The largest absolute Gasteiger partial charge is 0.304 e. The summed E-state index contributed by atoms with van der Waals surface area (Å²) in [7, 11) is 0. The molecule has 3 nitrogen and oxygen atoms in total. The zero-order chi connectivity index (χ0) is 9.84. The molecule has 0 bridgehead atoms. The Morgan fingerprint density at radius 1 is 1.77 bits per heavy atom. The van der Waals surface area contributed by atoms with Gasteiger partial charge < -0.3 is 4.84 Å². The molecule has 1 heterocycles. The summed E-state index contributed by atoms with van der Waals surface area (Å²) in [6.07, 6.45) is 1.41. The number of nitrogens with zero attached hydrogens (tertiary/aromatic N) is 1. The lowest BCUT2D eigenvalue weighted by atomic mass is 10.0. The summed E-state index contributed by atoms with van der Waals surface area (Å²) in [4.78, 5) is 8.02. The molecule has 72 valence electrons. The fourth-order valence-corrected chi connectivity index (χ4v) is 1.37. The second-order valence-electron chi connectivity index (χ2n) is 2.77. The number of halogens is 2. The number of hydrogen-bond acceptors (Lipinski definition) is 3. The molecule has 0 aromatic carbocycles. The van der Waals surface area contributed by atoms with Crippen molar-refractivity contribution in [2.75, 3.05) is 6.61 Å². The van der Waals surface area contributed by atoms with E-state index in [2.05, 4.69) is 25.8 Å². The summed E-state index contributed by atoms with van der Waals surface area (Å²) in [6, 6.07) is 1.67. The lowest BCUT2D eigenvalue weighted by Gasteiger charge is -2.10. The number of pyridine rings is 1. The van der Waals surface area contributed by atoms with Crippen LogP contribution in [0.15, 0.2) is 16.7 Å². The summed E-state index contributed by atoms with van der Waals surface area (Å²) in [5, 5.41) is 0. The average Bonchev–Trinajstić information content (AvgIpc) is 2.09. The molecule has 1 rings (SSSR count). The highest BCUT2D eigenvalue weighted by atomic mass is 79.9. The highest BCUT2D eigenvalue weighted by molar-refractivity contribution is 9.10. The van der Waals surface area contributed by atoms with Crippen molar-refractivity contribution < 1.29 is 9.23 Å². The van der Waals surface area contributed by atoms with Gasteiger partial charge in [0.25, 0.3) is 0 Å². The molecule has 0 fully saturated rings. The van der Waals surface area contributed by atoms with Crippen LogP contribution < -0.4 is 5.90 Å². The van der Waals surface area contributed by atoms with Gasteiger partial charge in [0.05, 0.1) is 6.61 Å². The third-order valence-electron chi connectivity index (χ3n) is 1.71. The Bertz CT molecular complexity index is 295. The van der Waals surface area contributed by atoms with Crippen molar-refractivity contribution in [3.63, 3.8) is 0 Å². The van der Waals surface area contributed by atoms with Crippen LogP contribution in [0.4, 0.5) is 4.39 Å². The van der Waals surface area contributed by atoms with Gasteiger partial charge in [-0.2, -0.15) is 4.39 Å². The fraction of sp³-hybridized carbons (Fsp3) is 0.375. The minimum Gasteiger partial charge on any atom is -0.304 e. The van der Waals surface area contributed by atoms with Gasteiger partial charge in [-0.05, 0) is 22.0 Å². The van der Waals surface area contributed by atoms with Crippen molar-refractivity contribution in [2.24, 2.45) is 5.90 Å². The molecule has 0 saturated carbocycles. The molecular formula is C8H10BrFN2O. The topological polar surface area (TPSA) is 48.1 Å². The van der Waals surface area contributed by atoms with E-state index in [0.29, 0.717) is 5.56 Å². The quantitative estimate of drug-likeness (QED) is 0.658. The standard InChI is InChI=1S/C8H10BrFN2O/c1-5(4-13-11)7-2-6(9)3-12-8(7)10/h2-3,5H,4,11H2,1H3. The molecule has 0 amide bonds. The van der Waals surface area contributed by atoms with Crippen LogP contribution in [0, 0.1) is 5.95 Å². The van der Waals surface area contributed by atoms with Crippen molar-refractivity contribution in [2.45, 2.75) is 12.8 Å². The van der Waals surface area contributed by atoms with Crippen LogP contribution in [0.3, 0.4) is 0 Å². The van der Waals surface area contributed by atoms with E-state index < -0.39 is 5.95 Å². The van der Waals surface area contributed by atoms with Crippen LogP contribution in [0.2, 0.25) is 0 Å². The van der Waals surface area contributed by atoms with Gasteiger partial charge in [-0.25, -0.2) is 10.9 Å². The number of nitrogens with two attached hydrogens (primary N) is 1. The summed E-state index contributed by atoms with van der Waals surface area (Å²) in [5.41, 5.74) is 0.500. The molecule has 0 saturated heterocycles. The number of aromatic nitrogens is 1. The Morgan fingerprint density at radius 2 is 2.46 bits per heavy atom. The van der Waals surface area contributed by atoms with Crippen LogP contribution in [-0.2, 0) is 4.84 Å². The first-order valence-corrected chi connectivity index (χ1v) is 4.57. The highest BCUT2D eigenvalue weighted by Gasteiger charge is 2.12. The molecule has 0 aliphatic rings. The van der Waals surface area contributed by atoms with Crippen molar-refractivity contribution in [1.29, 1.82) is 0 Å². The Labute approximate surface area is 84.2 Å². The Morgan fingerprint density at radius 3 is 3.08 bits per heavy atom. The van der Waals surface area contributed by atoms with Crippen molar-refractivity contribution in [1.82, 2.24) is 4.98 Å². The number of rotatable bonds is 3. The van der Waals surface area contributed by atoms with E-state index in [0.717, 1.165) is 4.47 Å². The lowest BCUT2D eigenvalue weighted by Crippen LogP contribution is -2.10. The van der Waals surface area contributed by atoms with Crippen molar-refractivity contribution >= 4 is 15.9 Å². The van der Waals surface area contributed by atoms with Crippen molar-refractivity contribution in [3.8, 4) is 0 Å². The maximum atomic E-state index is 13.1. The first-order valence-electron chi connectivity index (χ1n) is 3.77. The van der Waals surface area contributed by atoms with E-state index in [1.165, 1.54) is 6.20 Å². The van der Waals surface area contributed by atoms with E-state index in [1.807, 2.05) is 6.92 Å². The summed E-state index contributed by atoms with van der Waals surface area (Å²) in [5.74, 6) is 4.32. The Hall–Kier alpha value is -0.520. The van der Waals surface area contributed by atoms with E-state index in [9.17, 15) is 4.39 Å². The molecular weight excluding hydrogens is 239 g/mol. The first kappa shape index (κ1) is 10.6. The third-order valence-corrected chi connectivity index (χ3v) is 2.14. The van der Waals surface area contributed by atoms with Crippen LogP contribution in [0.1, 0.15) is 18.4 Å². The van der Waals surface area contributed by atoms with Gasteiger partial charge >= 0.3 is 0 Å². The van der Waals surface area contributed by atoms with E-state index >= 15 is 0 Å². The van der Waals surface area contributed by atoms with E-state index in [-0.39, 0.29) is 12.5 Å². The molecule has 1 atom stereocenters. The molecule has 13 heavy (non-hydrogen) atoms. The average molecular weight is 249 g/mol. The maximum Gasteiger partial charge on any atom is 0.216 e. The van der Waals surface area contributed by atoms with Crippen LogP contribution in [0.25, 0.3) is 0 Å². The molecule has 1 aromatic rings. The summed E-state index contributed by atoms with van der Waals surface area (Å²) >= 11 is 3.21. The zero-order valence-corrected chi connectivity index (χ0v) is 8.71. The molecule has 1 unspecified atom stereocenters. The van der Waals surface area contributed by atoms with Gasteiger partial charge in [0.15, 0.2) is 0 Å². The predicted molar refractivity (Wildman–Crippen MR) is 50.4 cm³/mol. The minimum atomic E-state index is -0.479. The SMILES string of the molecule is CC(CON)c1cc(Br)cnc1F. The maximum absolute atomic E-state index is 13.1. The van der Waals surface area contributed by atoms with E-state index in [1.54, 1.807) is 6.07 Å². The normalized spacial score (nSPS) is 12.9. The summed E-state index contributed by atoms with van der Waals surface area (Å²) < 4.78 is 13.9. The Kier molecular flexibility index (Phi) is 3.77. The monoisotopic (exact) mass is 248 g/mol. The van der Waals surface area contributed by atoms with Crippen LogP contribution in [-0.4, -0.2) is 11.6 Å². The first-order chi connectivity index (χ1) is 6.15. The molecule has 5 heteroatoms. The van der Waals surface area contributed by atoms with Gasteiger partial charge in [0.2, 0.25) is 5.95 Å². The second-order valence-corrected chi connectivity index (χ2v) is 3.68. The molecule has 0 aliphatic carbocycles.